The number of aromatic nitrogens is 5. The van der Waals surface area contributed by atoms with Gasteiger partial charge in [-0.15, -0.1) is 0 Å². The van der Waals surface area contributed by atoms with Crippen LogP contribution >= 0.6 is 11.8 Å². The Morgan fingerprint density at radius 2 is 2.04 bits per heavy atom. The molecule has 25 heavy (non-hydrogen) atoms. The second-order valence-electron chi connectivity index (χ2n) is 5.68. The molecule has 3 aromatic heterocycles. The predicted octanol–water partition coefficient (Wildman–Crippen LogP) is 2.48. The minimum Gasteiger partial charge on any atom is -0.384 e. The quantitative estimate of drug-likeness (QED) is 0.376. The number of hydrogen-bond donors (Lipinski definition) is 1. The summed E-state index contributed by atoms with van der Waals surface area (Å²) < 4.78 is 7.46. The Labute approximate surface area is 151 Å². The fraction of sp³-hybridized carbons (Fsp3) is 0.412. The molecule has 0 bridgehead atoms. The van der Waals surface area contributed by atoms with Crippen LogP contribution in [0, 0.1) is 6.92 Å². The van der Waals surface area contributed by atoms with Crippen molar-refractivity contribution >= 4 is 28.6 Å². The van der Waals surface area contributed by atoms with Crippen LogP contribution in [0.15, 0.2) is 29.8 Å². The standard InChI is InChI=1S/C17H22N6OS/c1-12-11-21-16(18)14-15(12)23(13(22-14)5-9-24-2)8-4-10-25-17-19-6-3-7-20-17/h3,6-7,11H,4-5,8-10H2,1-2H3,(H2,18,21). The van der Waals surface area contributed by atoms with Gasteiger partial charge in [0.15, 0.2) is 11.0 Å². The molecule has 0 atom stereocenters. The molecule has 0 aromatic carbocycles. The third-order valence-electron chi connectivity index (χ3n) is 3.89. The zero-order valence-corrected chi connectivity index (χ0v) is 15.3. The molecule has 0 aliphatic heterocycles. The summed E-state index contributed by atoms with van der Waals surface area (Å²) in [7, 11) is 1.70. The summed E-state index contributed by atoms with van der Waals surface area (Å²) >= 11 is 1.66. The Bertz CT molecular complexity index is 836. The van der Waals surface area contributed by atoms with E-state index in [9.17, 15) is 0 Å². The van der Waals surface area contributed by atoms with Crippen LogP contribution in [0.4, 0.5) is 5.82 Å². The fourth-order valence-corrected chi connectivity index (χ4v) is 3.46. The van der Waals surface area contributed by atoms with Gasteiger partial charge in [-0.3, -0.25) is 0 Å². The molecule has 8 heteroatoms. The molecule has 7 nitrogen and oxygen atoms in total. The number of hydrogen-bond acceptors (Lipinski definition) is 7. The van der Waals surface area contributed by atoms with Crippen molar-refractivity contribution in [3.05, 3.63) is 36.0 Å². The van der Waals surface area contributed by atoms with Crippen molar-refractivity contribution in [2.24, 2.45) is 0 Å². The second-order valence-corrected chi connectivity index (χ2v) is 6.74. The molecule has 0 aliphatic carbocycles. The summed E-state index contributed by atoms with van der Waals surface area (Å²) in [5, 5.41) is 0.808. The normalized spacial score (nSPS) is 11.3. The number of nitrogens with two attached hydrogens (primary N) is 1. The van der Waals surface area contributed by atoms with Gasteiger partial charge in [0.1, 0.15) is 11.3 Å². The molecule has 0 aliphatic rings. The summed E-state index contributed by atoms with van der Waals surface area (Å²) in [5.74, 6) is 2.40. The maximum Gasteiger partial charge on any atom is 0.187 e. The van der Waals surface area contributed by atoms with Gasteiger partial charge >= 0.3 is 0 Å². The highest BCUT2D eigenvalue weighted by Crippen LogP contribution is 2.25. The molecular weight excluding hydrogens is 336 g/mol. The van der Waals surface area contributed by atoms with Crippen LogP contribution < -0.4 is 5.73 Å². The number of nitrogen functional groups attached to an aromatic ring is 1. The van der Waals surface area contributed by atoms with E-state index < -0.39 is 0 Å². The molecule has 0 radical (unpaired) electrons. The van der Waals surface area contributed by atoms with E-state index in [1.807, 2.05) is 19.2 Å². The number of ether oxygens (including phenoxy) is 1. The number of anilines is 1. The first-order valence-corrected chi connectivity index (χ1v) is 9.18. The van der Waals surface area contributed by atoms with Crippen LogP contribution in [0.3, 0.4) is 0 Å². The minimum atomic E-state index is 0.477. The average molecular weight is 358 g/mol. The average Bonchev–Trinajstić information content (AvgIpc) is 3.01. The van der Waals surface area contributed by atoms with Crippen molar-refractivity contribution in [2.45, 2.75) is 31.5 Å². The van der Waals surface area contributed by atoms with E-state index in [1.165, 1.54) is 0 Å². The molecule has 132 valence electrons. The SMILES string of the molecule is COCCc1nc2c(N)ncc(C)c2n1CCCSc1ncccn1. The molecule has 3 heterocycles. The lowest BCUT2D eigenvalue weighted by Crippen LogP contribution is -2.08. The summed E-state index contributed by atoms with van der Waals surface area (Å²) in [5.41, 5.74) is 8.96. The van der Waals surface area contributed by atoms with Gasteiger partial charge in [0.2, 0.25) is 0 Å². The number of thioether (sulfide) groups is 1. The lowest BCUT2D eigenvalue weighted by molar-refractivity contribution is 0.199. The largest absolute Gasteiger partial charge is 0.384 e. The summed E-state index contributed by atoms with van der Waals surface area (Å²) in [6.07, 6.45) is 7.07. The maximum atomic E-state index is 6.03. The van der Waals surface area contributed by atoms with Crippen molar-refractivity contribution in [3.8, 4) is 0 Å². The number of nitrogens with zero attached hydrogens (tertiary/aromatic N) is 5. The predicted molar refractivity (Wildman–Crippen MR) is 99.6 cm³/mol. The molecule has 0 fully saturated rings. The fourth-order valence-electron chi connectivity index (χ4n) is 2.74. The number of imidazole rings is 1. The van der Waals surface area contributed by atoms with Crippen molar-refractivity contribution in [3.63, 3.8) is 0 Å². The number of fused-ring (bicyclic) bond motifs is 1. The Kier molecular flexibility index (Phi) is 5.83. The van der Waals surface area contributed by atoms with E-state index >= 15 is 0 Å². The highest BCUT2D eigenvalue weighted by Gasteiger charge is 2.15. The molecule has 0 spiro atoms. The molecule has 0 saturated heterocycles. The number of rotatable bonds is 8. The van der Waals surface area contributed by atoms with Crippen LogP contribution in [-0.4, -0.2) is 44.0 Å². The van der Waals surface area contributed by atoms with E-state index in [-0.39, 0.29) is 0 Å². The first kappa shape index (κ1) is 17.6. The van der Waals surface area contributed by atoms with E-state index in [0.29, 0.717) is 12.4 Å². The Morgan fingerprint density at radius 3 is 2.80 bits per heavy atom. The maximum absolute atomic E-state index is 6.03. The third-order valence-corrected chi connectivity index (χ3v) is 4.85. The molecule has 0 saturated carbocycles. The van der Waals surface area contributed by atoms with Gasteiger partial charge in [0, 0.05) is 44.4 Å². The zero-order chi connectivity index (χ0) is 17.6. The zero-order valence-electron chi connectivity index (χ0n) is 14.5. The third kappa shape index (κ3) is 4.08. The first-order valence-electron chi connectivity index (χ1n) is 8.19. The molecule has 3 aromatic rings. The molecular formula is C17H22N6OS. The summed E-state index contributed by atoms with van der Waals surface area (Å²) in [6, 6.07) is 1.82. The van der Waals surface area contributed by atoms with Crippen molar-refractivity contribution < 1.29 is 4.74 Å². The van der Waals surface area contributed by atoms with Gasteiger partial charge in [-0.1, -0.05) is 11.8 Å². The first-order chi connectivity index (χ1) is 12.2. The minimum absolute atomic E-state index is 0.477. The molecule has 0 amide bonds. The molecule has 0 unspecified atom stereocenters. The van der Waals surface area contributed by atoms with E-state index in [1.54, 1.807) is 31.3 Å². The van der Waals surface area contributed by atoms with Gasteiger partial charge < -0.3 is 15.0 Å². The lowest BCUT2D eigenvalue weighted by Gasteiger charge is -2.10. The van der Waals surface area contributed by atoms with Crippen molar-refractivity contribution in [1.29, 1.82) is 0 Å². The Balaban J connectivity index is 1.77. The Morgan fingerprint density at radius 1 is 1.24 bits per heavy atom. The number of aryl methyl sites for hydroxylation is 2. The van der Waals surface area contributed by atoms with Crippen LogP contribution in [0.1, 0.15) is 17.8 Å². The van der Waals surface area contributed by atoms with Gasteiger partial charge in [-0.2, -0.15) is 0 Å². The smallest absolute Gasteiger partial charge is 0.187 e. The lowest BCUT2D eigenvalue weighted by atomic mass is 10.2. The van der Waals surface area contributed by atoms with Crippen LogP contribution in [0.2, 0.25) is 0 Å². The monoisotopic (exact) mass is 358 g/mol. The van der Waals surface area contributed by atoms with Gasteiger partial charge in [-0.05, 0) is 25.0 Å². The van der Waals surface area contributed by atoms with Crippen LogP contribution in [-0.2, 0) is 17.7 Å². The van der Waals surface area contributed by atoms with E-state index in [2.05, 4.69) is 19.5 Å². The highest BCUT2D eigenvalue weighted by atomic mass is 32.2. The number of methoxy groups -OCH3 is 1. The second kappa shape index (κ2) is 8.26. The Hall–Kier alpha value is -2.19. The van der Waals surface area contributed by atoms with E-state index in [4.69, 9.17) is 15.5 Å². The van der Waals surface area contributed by atoms with E-state index in [0.717, 1.165) is 52.7 Å². The summed E-state index contributed by atoms with van der Waals surface area (Å²) in [4.78, 5) is 17.4. The molecule has 3 rings (SSSR count). The number of pyridine rings is 1. The van der Waals surface area contributed by atoms with Crippen molar-refractivity contribution in [2.75, 3.05) is 25.2 Å². The van der Waals surface area contributed by atoms with Crippen LogP contribution in [0.25, 0.3) is 11.0 Å². The highest BCUT2D eigenvalue weighted by molar-refractivity contribution is 7.99. The van der Waals surface area contributed by atoms with Crippen molar-refractivity contribution in [1.82, 2.24) is 24.5 Å². The summed E-state index contributed by atoms with van der Waals surface area (Å²) in [6.45, 7) is 3.53. The molecule has 2 N–H and O–H groups in total. The van der Waals surface area contributed by atoms with Crippen LogP contribution in [0.5, 0.6) is 0 Å². The topological polar surface area (TPSA) is 91.7 Å². The van der Waals surface area contributed by atoms with Gasteiger partial charge in [0.25, 0.3) is 0 Å². The van der Waals surface area contributed by atoms with Gasteiger partial charge in [-0.25, -0.2) is 19.9 Å². The van der Waals surface area contributed by atoms with Gasteiger partial charge in [0.05, 0.1) is 12.1 Å².